The summed E-state index contributed by atoms with van der Waals surface area (Å²) in [5.74, 6) is 2.58. The predicted molar refractivity (Wildman–Crippen MR) is 72.8 cm³/mol. The highest BCUT2D eigenvalue weighted by molar-refractivity contribution is 9.10. The Morgan fingerprint density at radius 3 is 3.00 bits per heavy atom. The fourth-order valence-corrected chi connectivity index (χ4v) is 3.41. The Bertz CT molecular complexity index is 334. The van der Waals surface area contributed by atoms with E-state index in [9.17, 15) is 0 Å². The number of anilines is 1. The fraction of sp³-hybridized carbons (Fsp3) is 0.500. The van der Waals surface area contributed by atoms with Crippen LogP contribution in [0, 0.1) is 6.92 Å². The normalized spacial score (nSPS) is 21.3. The van der Waals surface area contributed by atoms with Gasteiger partial charge in [-0.2, -0.15) is 11.8 Å². The van der Waals surface area contributed by atoms with Gasteiger partial charge in [0.2, 0.25) is 0 Å². The summed E-state index contributed by atoms with van der Waals surface area (Å²) >= 11 is 5.55. The first-order chi connectivity index (χ1) is 7.25. The molecule has 1 nitrogen and oxygen atoms in total. The lowest BCUT2D eigenvalue weighted by Crippen LogP contribution is -2.26. The van der Waals surface area contributed by atoms with Crippen molar-refractivity contribution < 1.29 is 0 Å². The third kappa shape index (κ3) is 3.15. The van der Waals surface area contributed by atoms with Crippen molar-refractivity contribution in [2.24, 2.45) is 0 Å². The highest BCUT2D eigenvalue weighted by atomic mass is 79.9. The number of halogens is 1. The molecule has 1 aromatic carbocycles. The second kappa shape index (κ2) is 5.26. The van der Waals surface area contributed by atoms with Gasteiger partial charge in [0.1, 0.15) is 0 Å². The van der Waals surface area contributed by atoms with Gasteiger partial charge < -0.3 is 5.32 Å². The number of nitrogens with one attached hydrogen (secondary N) is 1. The van der Waals surface area contributed by atoms with Gasteiger partial charge in [0, 0.05) is 22.0 Å². The molecule has 0 radical (unpaired) electrons. The van der Waals surface area contributed by atoms with Crippen molar-refractivity contribution in [1.29, 1.82) is 0 Å². The van der Waals surface area contributed by atoms with E-state index in [-0.39, 0.29) is 0 Å². The van der Waals surface area contributed by atoms with Gasteiger partial charge in [0.05, 0.1) is 0 Å². The van der Waals surface area contributed by atoms with E-state index in [1.165, 1.54) is 35.6 Å². The van der Waals surface area contributed by atoms with Crippen LogP contribution >= 0.6 is 27.7 Å². The third-order valence-corrected chi connectivity index (χ3v) is 4.42. The van der Waals surface area contributed by atoms with Gasteiger partial charge in [0.25, 0.3) is 0 Å². The van der Waals surface area contributed by atoms with E-state index in [4.69, 9.17) is 0 Å². The summed E-state index contributed by atoms with van der Waals surface area (Å²) in [6.45, 7) is 2.16. The summed E-state index contributed by atoms with van der Waals surface area (Å²) in [5, 5.41) is 3.63. The van der Waals surface area contributed by atoms with Crippen molar-refractivity contribution in [3.63, 3.8) is 0 Å². The highest BCUT2D eigenvalue weighted by Gasteiger charge is 2.13. The summed E-state index contributed by atoms with van der Waals surface area (Å²) in [7, 11) is 0. The Morgan fingerprint density at radius 2 is 2.33 bits per heavy atom. The molecular weight excluding hydrogens is 270 g/mol. The summed E-state index contributed by atoms with van der Waals surface area (Å²) in [4.78, 5) is 0. The van der Waals surface area contributed by atoms with E-state index in [0.29, 0.717) is 6.04 Å². The topological polar surface area (TPSA) is 12.0 Å². The SMILES string of the molecule is Cc1cc(Br)ccc1N[C@@H]1CCCSC1. The first-order valence-corrected chi connectivity index (χ1v) is 7.31. The third-order valence-electron chi connectivity index (χ3n) is 2.71. The lowest BCUT2D eigenvalue weighted by Gasteiger charge is -2.24. The monoisotopic (exact) mass is 285 g/mol. The van der Waals surface area contributed by atoms with Crippen LogP contribution in [-0.2, 0) is 0 Å². The molecule has 2 rings (SSSR count). The molecule has 82 valence electrons. The van der Waals surface area contributed by atoms with Crippen molar-refractivity contribution in [3.8, 4) is 0 Å². The molecule has 1 fully saturated rings. The molecular formula is C12H16BrNS. The molecule has 1 aliphatic heterocycles. The van der Waals surface area contributed by atoms with Gasteiger partial charge in [0.15, 0.2) is 0 Å². The van der Waals surface area contributed by atoms with Crippen molar-refractivity contribution in [2.45, 2.75) is 25.8 Å². The van der Waals surface area contributed by atoms with Gasteiger partial charge in [-0.15, -0.1) is 0 Å². The van der Waals surface area contributed by atoms with Crippen LogP contribution in [-0.4, -0.2) is 17.5 Å². The molecule has 1 atom stereocenters. The molecule has 3 heteroatoms. The first-order valence-electron chi connectivity index (χ1n) is 5.36. The fourth-order valence-electron chi connectivity index (χ4n) is 1.86. The molecule has 0 spiro atoms. The summed E-state index contributed by atoms with van der Waals surface area (Å²) in [6, 6.07) is 7.09. The quantitative estimate of drug-likeness (QED) is 0.879. The van der Waals surface area contributed by atoms with Crippen molar-refractivity contribution in [1.82, 2.24) is 0 Å². The number of aryl methyl sites for hydroxylation is 1. The minimum absolute atomic E-state index is 0.656. The van der Waals surface area contributed by atoms with Gasteiger partial charge >= 0.3 is 0 Å². The minimum atomic E-state index is 0.656. The summed E-state index contributed by atoms with van der Waals surface area (Å²) in [5.41, 5.74) is 2.60. The second-order valence-corrected chi connectivity index (χ2v) is 6.08. The largest absolute Gasteiger partial charge is 0.381 e. The maximum absolute atomic E-state index is 3.63. The predicted octanol–water partition coefficient (Wildman–Crippen LogP) is 4.07. The van der Waals surface area contributed by atoms with Crippen LogP contribution in [0.4, 0.5) is 5.69 Å². The number of thioether (sulfide) groups is 1. The Morgan fingerprint density at radius 1 is 1.47 bits per heavy atom. The van der Waals surface area contributed by atoms with Crippen molar-refractivity contribution in [3.05, 3.63) is 28.2 Å². The number of hydrogen-bond acceptors (Lipinski definition) is 2. The molecule has 0 saturated carbocycles. The minimum Gasteiger partial charge on any atom is -0.381 e. The van der Waals surface area contributed by atoms with Crippen LogP contribution < -0.4 is 5.32 Å². The van der Waals surface area contributed by atoms with E-state index < -0.39 is 0 Å². The van der Waals surface area contributed by atoms with E-state index >= 15 is 0 Å². The highest BCUT2D eigenvalue weighted by Crippen LogP contribution is 2.24. The molecule has 1 heterocycles. The van der Waals surface area contributed by atoms with Gasteiger partial charge in [-0.25, -0.2) is 0 Å². The average molecular weight is 286 g/mol. The zero-order chi connectivity index (χ0) is 10.7. The van der Waals surface area contributed by atoms with E-state index in [1.807, 2.05) is 0 Å². The second-order valence-electron chi connectivity index (χ2n) is 4.02. The lowest BCUT2D eigenvalue weighted by molar-refractivity contribution is 0.684. The van der Waals surface area contributed by atoms with Crippen molar-refractivity contribution >= 4 is 33.4 Å². The van der Waals surface area contributed by atoms with Crippen molar-refractivity contribution in [2.75, 3.05) is 16.8 Å². The standard InChI is InChI=1S/C12H16BrNS/c1-9-7-10(13)4-5-12(9)14-11-3-2-6-15-8-11/h4-5,7,11,14H,2-3,6,8H2,1H3/t11-/m1/s1. The molecule has 0 bridgehead atoms. The lowest BCUT2D eigenvalue weighted by atomic mass is 10.1. The molecule has 0 unspecified atom stereocenters. The summed E-state index contributed by atoms with van der Waals surface area (Å²) in [6.07, 6.45) is 2.65. The molecule has 0 amide bonds. The molecule has 1 N–H and O–H groups in total. The molecule has 15 heavy (non-hydrogen) atoms. The Balaban J connectivity index is 2.03. The van der Waals surface area contributed by atoms with Crippen LogP contribution in [0.25, 0.3) is 0 Å². The van der Waals surface area contributed by atoms with Crippen LogP contribution in [0.2, 0.25) is 0 Å². The maximum atomic E-state index is 3.63. The summed E-state index contributed by atoms with van der Waals surface area (Å²) < 4.78 is 1.16. The van der Waals surface area contributed by atoms with E-state index in [2.05, 4.69) is 58.1 Å². The molecule has 1 aliphatic rings. The smallest absolute Gasteiger partial charge is 0.0373 e. The number of rotatable bonds is 2. The number of hydrogen-bond donors (Lipinski definition) is 1. The molecule has 0 aromatic heterocycles. The molecule has 1 aromatic rings. The Labute approximate surface area is 104 Å². The molecule has 0 aliphatic carbocycles. The van der Waals surface area contributed by atoms with Crippen LogP contribution in [0.3, 0.4) is 0 Å². The van der Waals surface area contributed by atoms with Gasteiger partial charge in [-0.1, -0.05) is 15.9 Å². The van der Waals surface area contributed by atoms with Crippen LogP contribution in [0.1, 0.15) is 18.4 Å². The zero-order valence-electron chi connectivity index (χ0n) is 8.92. The zero-order valence-corrected chi connectivity index (χ0v) is 11.3. The Kier molecular flexibility index (Phi) is 3.98. The van der Waals surface area contributed by atoms with E-state index in [1.54, 1.807) is 0 Å². The first kappa shape index (κ1) is 11.3. The maximum Gasteiger partial charge on any atom is 0.0373 e. The number of benzene rings is 1. The van der Waals surface area contributed by atoms with Crippen LogP contribution in [0.15, 0.2) is 22.7 Å². The average Bonchev–Trinajstić information content (AvgIpc) is 2.24. The van der Waals surface area contributed by atoms with Gasteiger partial charge in [-0.05, 0) is 49.3 Å². The van der Waals surface area contributed by atoms with Crippen LogP contribution in [0.5, 0.6) is 0 Å². The van der Waals surface area contributed by atoms with Gasteiger partial charge in [-0.3, -0.25) is 0 Å². The van der Waals surface area contributed by atoms with E-state index in [0.717, 1.165) is 4.47 Å². The Hall–Kier alpha value is -0.150. The molecule has 1 saturated heterocycles.